The van der Waals surface area contributed by atoms with Crippen LogP contribution in [-0.2, 0) is 5.41 Å². The first kappa shape index (κ1) is 12.4. The molecule has 0 amide bonds. The van der Waals surface area contributed by atoms with E-state index in [2.05, 4.69) is 4.98 Å². The van der Waals surface area contributed by atoms with Gasteiger partial charge in [-0.1, -0.05) is 12.1 Å². The smallest absolute Gasteiger partial charge is 0.174 e. The van der Waals surface area contributed by atoms with E-state index < -0.39 is 5.41 Å². The number of hydrogen-bond acceptors (Lipinski definition) is 2. The molecule has 3 heteroatoms. The SMILES string of the molecule is CC(C)(C(=O)c1cccnc1)c1ccc(F)cc1. The Morgan fingerprint density at radius 1 is 1.17 bits per heavy atom. The summed E-state index contributed by atoms with van der Waals surface area (Å²) >= 11 is 0. The molecule has 18 heavy (non-hydrogen) atoms. The van der Waals surface area contributed by atoms with Crippen LogP contribution in [0.25, 0.3) is 0 Å². The molecule has 0 saturated heterocycles. The Labute approximate surface area is 105 Å². The van der Waals surface area contributed by atoms with Gasteiger partial charge in [-0.15, -0.1) is 0 Å². The van der Waals surface area contributed by atoms with Gasteiger partial charge in [-0.05, 0) is 43.7 Å². The predicted octanol–water partition coefficient (Wildman–Crippen LogP) is 3.38. The normalized spacial score (nSPS) is 11.3. The average Bonchev–Trinajstić information content (AvgIpc) is 2.39. The van der Waals surface area contributed by atoms with E-state index in [0.717, 1.165) is 5.56 Å². The molecule has 0 aliphatic heterocycles. The van der Waals surface area contributed by atoms with E-state index in [9.17, 15) is 9.18 Å². The van der Waals surface area contributed by atoms with E-state index in [-0.39, 0.29) is 11.6 Å². The van der Waals surface area contributed by atoms with Crippen LogP contribution in [0.1, 0.15) is 29.8 Å². The van der Waals surface area contributed by atoms with Gasteiger partial charge in [-0.3, -0.25) is 9.78 Å². The van der Waals surface area contributed by atoms with Gasteiger partial charge >= 0.3 is 0 Å². The lowest BCUT2D eigenvalue weighted by molar-refractivity contribution is 0.0908. The molecule has 2 nitrogen and oxygen atoms in total. The van der Waals surface area contributed by atoms with Crippen molar-refractivity contribution in [2.75, 3.05) is 0 Å². The second-order valence-electron chi connectivity index (χ2n) is 4.70. The number of carbonyl (C=O) groups excluding carboxylic acids is 1. The number of hydrogen-bond donors (Lipinski definition) is 0. The monoisotopic (exact) mass is 243 g/mol. The molecular weight excluding hydrogens is 229 g/mol. The van der Waals surface area contributed by atoms with E-state index >= 15 is 0 Å². The van der Waals surface area contributed by atoms with Crippen LogP contribution in [0.3, 0.4) is 0 Å². The van der Waals surface area contributed by atoms with Gasteiger partial charge in [-0.2, -0.15) is 0 Å². The summed E-state index contributed by atoms with van der Waals surface area (Å²) in [5.41, 5.74) is 0.654. The fourth-order valence-electron chi connectivity index (χ4n) is 1.86. The lowest BCUT2D eigenvalue weighted by atomic mass is 9.78. The Bertz CT molecular complexity index is 546. The third-order valence-electron chi connectivity index (χ3n) is 3.06. The van der Waals surface area contributed by atoms with Crippen molar-refractivity contribution in [2.24, 2.45) is 0 Å². The predicted molar refractivity (Wildman–Crippen MR) is 68.0 cm³/mol. The second-order valence-corrected chi connectivity index (χ2v) is 4.70. The highest BCUT2D eigenvalue weighted by Crippen LogP contribution is 2.27. The van der Waals surface area contributed by atoms with Crippen molar-refractivity contribution in [1.29, 1.82) is 0 Å². The summed E-state index contributed by atoms with van der Waals surface area (Å²) in [6, 6.07) is 9.49. The number of Topliss-reactive ketones (excluding diaryl/α,β-unsaturated/α-hetero) is 1. The molecule has 0 saturated carbocycles. The van der Waals surface area contributed by atoms with E-state index in [0.29, 0.717) is 5.56 Å². The molecule has 1 aromatic carbocycles. The molecule has 0 radical (unpaired) electrons. The number of nitrogens with zero attached hydrogens (tertiary/aromatic N) is 1. The number of pyridine rings is 1. The number of aromatic nitrogens is 1. The zero-order valence-electron chi connectivity index (χ0n) is 10.4. The van der Waals surface area contributed by atoms with Crippen molar-refractivity contribution >= 4 is 5.78 Å². The van der Waals surface area contributed by atoms with Gasteiger partial charge in [0.25, 0.3) is 0 Å². The fourth-order valence-corrected chi connectivity index (χ4v) is 1.86. The molecule has 0 spiro atoms. The zero-order valence-corrected chi connectivity index (χ0v) is 10.4. The first-order valence-corrected chi connectivity index (χ1v) is 5.72. The van der Waals surface area contributed by atoms with Gasteiger partial charge in [-0.25, -0.2) is 4.39 Å². The molecule has 0 N–H and O–H groups in total. The molecule has 0 aliphatic carbocycles. The Kier molecular flexibility index (Phi) is 3.24. The van der Waals surface area contributed by atoms with Crippen molar-refractivity contribution < 1.29 is 9.18 Å². The quantitative estimate of drug-likeness (QED) is 0.773. The van der Waals surface area contributed by atoms with Crippen molar-refractivity contribution in [1.82, 2.24) is 4.98 Å². The molecule has 0 unspecified atom stereocenters. The van der Waals surface area contributed by atoms with Gasteiger partial charge in [0.1, 0.15) is 5.82 Å². The van der Waals surface area contributed by atoms with E-state index in [1.54, 1.807) is 36.7 Å². The van der Waals surface area contributed by atoms with Gasteiger partial charge in [0, 0.05) is 18.0 Å². The van der Waals surface area contributed by atoms with Crippen LogP contribution in [-0.4, -0.2) is 10.8 Å². The minimum atomic E-state index is -0.698. The maximum atomic E-state index is 12.9. The van der Waals surface area contributed by atoms with Crippen LogP contribution in [0.4, 0.5) is 4.39 Å². The number of halogens is 1. The highest BCUT2D eigenvalue weighted by molar-refractivity contribution is 6.03. The minimum Gasteiger partial charge on any atom is -0.293 e. The Balaban J connectivity index is 2.37. The van der Waals surface area contributed by atoms with Crippen LogP contribution >= 0.6 is 0 Å². The second kappa shape index (κ2) is 4.69. The first-order valence-electron chi connectivity index (χ1n) is 5.72. The summed E-state index contributed by atoms with van der Waals surface area (Å²) in [4.78, 5) is 16.4. The van der Waals surface area contributed by atoms with Gasteiger partial charge in [0.15, 0.2) is 5.78 Å². The van der Waals surface area contributed by atoms with E-state index in [1.165, 1.54) is 12.1 Å². The molecule has 1 aromatic heterocycles. The highest BCUT2D eigenvalue weighted by atomic mass is 19.1. The molecule has 1 heterocycles. The maximum Gasteiger partial charge on any atom is 0.174 e. The minimum absolute atomic E-state index is 0.0257. The largest absolute Gasteiger partial charge is 0.293 e. The standard InChI is InChI=1S/C15H14FNO/c1-15(2,12-5-7-13(16)8-6-12)14(18)11-4-3-9-17-10-11/h3-10H,1-2H3. The molecular formula is C15H14FNO. The van der Waals surface area contributed by atoms with Crippen LogP contribution in [0.5, 0.6) is 0 Å². The molecule has 2 aromatic rings. The molecule has 0 aliphatic rings. The van der Waals surface area contributed by atoms with Crippen LogP contribution in [0.2, 0.25) is 0 Å². The van der Waals surface area contributed by atoms with Crippen molar-refractivity contribution in [3.05, 3.63) is 65.7 Å². The number of ketones is 1. The van der Waals surface area contributed by atoms with Crippen molar-refractivity contribution in [2.45, 2.75) is 19.3 Å². The topological polar surface area (TPSA) is 30.0 Å². The van der Waals surface area contributed by atoms with Crippen LogP contribution in [0, 0.1) is 5.82 Å². The van der Waals surface area contributed by atoms with Crippen LogP contribution in [0.15, 0.2) is 48.8 Å². The Morgan fingerprint density at radius 3 is 2.39 bits per heavy atom. The molecule has 2 rings (SSSR count). The molecule has 0 fully saturated rings. The summed E-state index contributed by atoms with van der Waals surface area (Å²) in [5, 5.41) is 0. The van der Waals surface area contributed by atoms with E-state index in [4.69, 9.17) is 0 Å². The number of benzene rings is 1. The van der Waals surface area contributed by atoms with Crippen molar-refractivity contribution in [3.8, 4) is 0 Å². The van der Waals surface area contributed by atoms with Crippen LogP contribution < -0.4 is 0 Å². The summed E-state index contributed by atoms with van der Waals surface area (Å²) in [5.74, 6) is -0.328. The molecule has 0 bridgehead atoms. The third kappa shape index (κ3) is 2.30. The highest BCUT2D eigenvalue weighted by Gasteiger charge is 2.30. The lowest BCUT2D eigenvalue weighted by Crippen LogP contribution is -2.29. The first-order chi connectivity index (χ1) is 8.51. The number of rotatable bonds is 3. The fraction of sp³-hybridized carbons (Fsp3) is 0.200. The Hall–Kier alpha value is -2.03. The summed E-state index contributed by atoms with van der Waals surface area (Å²) in [6.45, 7) is 3.66. The Morgan fingerprint density at radius 2 is 1.83 bits per heavy atom. The van der Waals surface area contributed by atoms with Crippen molar-refractivity contribution in [3.63, 3.8) is 0 Å². The summed E-state index contributed by atoms with van der Waals surface area (Å²) < 4.78 is 12.9. The zero-order chi connectivity index (χ0) is 13.2. The van der Waals surface area contributed by atoms with Gasteiger partial charge in [0.2, 0.25) is 0 Å². The average molecular weight is 243 g/mol. The van der Waals surface area contributed by atoms with E-state index in [1.807, 2.05) is 13.8 Å². The molecule has 92 valence electrons. The summed E-state index contributed by atoms with van der Waals surface area (Å²) in [6.07, 6.45) is 3.18. The maximum absolute atomic E-state index is 12.9. The van der Waals surface area contributed by atoms with Gasteiger partial charge in [0.05, 0.1) is 5.41 Å². The number of carbonyl (C=O) groups is 1. The molecule has 0 atom stereocenters. The lowest BCUT2D eigenvalue weighted by Gasteiger charge is -2.23. The van der Waals surface area contributed by atoms with Gasteiger partial charge < -0.3 is 0 Å². The third-order valence-corrected chi connectivity index (χ3v) is 3.06. The summed E-state index contributed by atoms with van der Waals surface area (Å²) in [7, 11) is 0.